The van der Waals surface area contributed by atoms with Crippen molar-refractivity contribution in [3.8, 4) is 17.5 Å². The van der Waals surface area contributed by atoms with Gasteiger partial charge in [-0.05, 0) is 19.1 Å². The fraction of sp³-hybridized carbons (Fsp3) is 0.100. The van der Waals surface area contributed by atoms with E-state index in [9.17, 15) is 4.79 Å². The van der Waals surface area contributed by atoms with Crippen molar-refractivity contribution in [1.29, 1.82) is 5.26 Å². The lowest BCUT2D eigenvalue weighted by molar-refractivity contribution is 0.545. The summed E-state index contributed by atoms with van der Waals surface area (Å²) < 4.78 is 5.32. The summed E-state index contributed by atoms with van der Waals surface area (Å²) in [5.74, 6) is 1.20. The van der Waals surface area contributed by atoms with Gasteiger partial charge in [0, 0.05) is 6.07 Å². The van der Waals surface area contributed by atoms with E-state index >= 15 is 0 Å². The zero-order valence-corrected chi connectivity index (χ0v) is 7.94. The van der Waals surface area contributed by atoms with Crippen molar-refractivity contribution in [2.75, 3.05) is 0 Å². The molecule has 0 aliphatic carbocycles. The van der Waals surface area contributed by atoms with E-state index < -0.39 is 5.56 Å². The molecule has 0 saturated heterocycles. The smallest absolute Gasteiger partial charge is 0.265 e. The summed E-state index contributed by atoms with van der Waals surface area (Å²) in [5, 5.41) is 14.9. The Balaban J connectivity index is 2.63. The van der Waals surface area contributed by atoms with Crippen LogP contribution in [0.25, 0.3) is 11.5 Å². The Kier molecular flexibility index (Phi) is 2.10. The molecule has 5 nitrogen and oxygen atoms in total. The number of rotatable bonds is 1. The first-order valence-corrected chi connectivity index (χ1v) is 4.27. The van der Waals surface area contributed by atoms with Crippen molar-refractivity contribution in [2.45, 2.75) is 6.92 Å². The van der Waals surface area contributed by atoms with Gasteiger partial charge in [0.05, 0.1) is 5.56 Å². The van der Waals surface area contributed by atoms with Gasteiger partial charge in [-0.25, -0.2) is 5.10 Å². The molecule has 0 aromatic carbocycles. The van der Waals surface area contributed by atoms with Gasteiger partial charge < -0.3 is 4.42 Å². The van der Waals surface area contributed by atoms with E-state index in [-0.39, 0.29) is 5.56 Å². The van der Waals surface area contributed by atoms with Crippen molar-refractivity contribution in [2.24, 2.45) is 0 Å². The molecule has 0 unspecified atom stereocenters. The van der Waals surface area contributed by atoms with Crippen LogP contribution in [0.2, 0.25) is 0 Å². The van der Waals surface area contributed by atoms with Crippen LogP contribution in [0.4, 0.5) is 0 Å². The highest BCUT2D eigenvalue weighted by Crippen LogP contribution is 2.21. The SMILES string of the molecule is Cc1ccc(-c2n[nH]c(=O)cc2C#N)o1. The second kappa shape index (κ2) is 3.42. The number of nitrogens with zero attached hydrogens (tertiary/aromatic N) is 2. The first-order valence-electron chi connectivity index (χ1n) is 4.27. The highest BCUT2D eigenvalue weighted by atomic mass is 16.3. The predicted molar refractivity (Wildman–Crippen MR) is 52.0 cm³/mol. The minimum Gasteiger partial charge on any atom is -0.460 e. The van der Waals surface area contributed by atoms with E-state index in [0.29, 0.717) is 11.5 Å². The normalized spacial score (nSPS) is 9.87. The third-order valence-corrected chi connectivity index (χ3v) is 1.90. The Hall–Kier alpha value is -2.35. The molecule has 5 heteroatoms. The largest absolute Gasteiger partial charge is 0.460 e. The van der Waals surface area contributed by atoms with Crippen LogP contribution in [0, 0.1) is 18.3 Å². The van der Waals surface area contributed by atoms with Crippen LogP contribution in [0.3, 0.4) is 0 Å². The fourth-order valence-corrected chi connectivity index (χ4v) is 1.24. The lowest BCUT2D eigenvalue weighted by Gasteiger charge is -1.96. The van der Waals surface area contributed by atoms with Crippen molar-refractivity contribution < 1.29 is 4.42 Å². The molecular weight excluding hydrogens is 194 g/mol. The molecule has 0 spiro atoms. The average molecular weight is 201 g/mol. The van der Waals surface area contributed by atoms with E-state index in [2.05, 4.69) is 10.2 Å². The topological polar surface area (TPSA) is 82.7 Å². The summed E-state index contributed by atoms with van der Waals surface area (Å²) in [7, 11) is 0. The van der Waals surface area contributed by atoms with Crippen LogP contribution in [0.5, 0.6) is 0 Å². The molecule has 2 rings (SSSR count). The van der Waals surface area contributed by atoms with E-state index in [1.807, 2.05) is 6.07 Å². The van der Waals surface area contributed by atoms with Crippen molar-refractivity contribution in [3.63, 3.8) is 0 Å². The highest BCUT2D eigenvalue weighted by Gasteiger charge is 2.10. The van der Waals surface area contributed by atoms with Crippen molar-refractivity contribution in [3.05, 3.63) is 39.9 Å². The van der Waals surface area contributed by atoms with Gasteiger partial charge in [-0.15, -0.1) is 0 Å². The van der Waals surface area contributed by atoms with Crippen molar-refractivity contribution >= 4 is 0 Å². The van der Waals surface area contributed by atoms with Gasteiger partial charge in [-0.1, -0.05) is 0 Å². The Bertz CT molecular complexity index is 589. The number of aromatic amines is 1. The summed E-state index contributed by atoms with van der Waals surface area (Å²) in [5.41, 5.74) is 0.150. The standard InChI is InChI=1S/C10H7N3O2/c1-6-2-3-8(15-6)10-7(5-11)4-9(14)12-13-10/h2-4H,1H3,(H,12,14). The van der Waals surface area contributed by atoms with Gasteiger partial charge in [-0.2, -0.15) is 10.4 Å². The Morgan fingerprint density at radius 3 is 2.93 bits per heavy atom. The minimum absolute atomic E-state index is 0.202. The van der Waals surface area contributed by atoms with Gasteiger partial charge in [0.1, 0.15) is 17.5 Å². The Morgan fingerprint density at radius 2 is 2.33 bits per heavy atom. The molecule has 2 aromatic heterocycles. The molecule has 0 saturated carbocycles. The van der Waals surface area contributed by atoms with E-state index in [4.69, 9.17) is 9.68 Å². The lowest BCUT2D eigenvalue weighted by atomic mass is 10.2. The number of hydrogen-bond acceptors (Lipinski definition) is 4. The molecular formula is C10H7N3O2. The predicted octanol–water partition coefficient (Wildman–Crippen LogP) is 1.21. The molecule has 2 aromatic rings. The molecule has 0 amide bonds. The molecule has 0 radical (unpaired) electrons. The summed E-state index contributed by atoms with van der Waals surface area (Å²) in [6.07, 6.45) is 0. The monoisotopic (exact) mass is 201 g/mol. The van der Waals surface area contributed by atoms with Crippen molar-refractivity contribution in [1.82, 2.24) is 10.2 Å². The van der Waals surface area contributed by atoms with Gasteiger partial charge in [0.15, 0.2) is 5.76 Å². The number of furan rings is 1. The number of H-pyrrole nitrogens is 1. The third-order valence-electron chi connectivity index (χ3n) is 1.90. The highest BCUT2D eigenvalue weighted by molar-refractivity contribution is 5.60. The quantitative estimate of drug-likeness (QED) is 0.751. The van der Waals surface area contributed by atoms with Crippen LogP contribution >= 0.6 is 0 Å². The molecule has 0 aliphatic heterocycles. The molecule has 0 bridgehead atoms. The zero-order chi connectivity index (χ0) is 10.8. The van der Waals surface area contributed by atoms with Crippen LogP contribution in [-0.2, 0) is 0 Å². The molecule has 0 fully saturated rings. The lowest BCUT2D eigenvalue weighted by Crippen LogP contribution is -2.08. The summed E-state index contributed by atoms with van der Waals surface area (Å²) in [6, 6.07) is 6.57. The molecule has 15 heavy (non-hydrogen) atoms. The van der Waals surface area contributed by atoms with Crippen LogP contribution in [-0.4, -0.2) is 10.2 Å². The first-order chi connectivity index (χ1) is 7.20. The molecule has 2 heterocycles. The molecule has 1 N–H and O–H groups in total. The average Bonchev–Trinajstić information content (AvgIpc) is 2.64. The maximum atomic E-state index is 10.9. The Morgan fingerprint density at radius 1 is 1.53 bits per heavy atom. The maximum Gasteiger partial charge on any atom is 0.265 e. The van der Waals surface area contributed by atoms with E-state index in [0.717, 1.165) is 5.76 Å². The minimum atomic E-state index is -0.404. The number of hydrogen-bond donors (Lipinski definition) is 1. The molecule has 0 aliphatic rings. The van der Waals surface area contributed by atoms with Gasteiger partial charge >= 0.3 is 0 Å². The summed E-state index contributed by atoms with van der Waals surface area (Å²) in [6.45, 7) is 1.79. The zero-order valence-electron chi connectivity index (χ0n) is 7.94. The fourth-order valence-electron chi connectivity index (χ4n) is 1.24. The van der Waals surface area contributed by atoms with Gasteiger partial charge in [-0.3, -0.25) is 4.79 Å². The maximum absolute atomic E-state index is 10.9. The second-order valence-corrected chi connectivity index (χ2v) is 3.02. The summed E-state index contributed by atoms with van der Waals surface area (Å²) >= 11 is 0. The van der Waals surface area contributed by atoms with Crippen LogP contribution in [0.1, 0.15) is 11.3 Å². The number of nitrogens with one attached hydrogen (secondary N) is 1. The summed E-state index contributed by atoms with van der Waals surface area (Å²) in [4.78, 5) is 10.9. The number of nitriles is 1. The van der Waals surface area contributed by atoms with Crippen LogP contribution < -0.4 is 5.56 Å². The van der Waals surface area contributed by atoms with Crippen LogP contribution in [0.15, 0.2) is 27.4 Å². The molecule has 0 atom stereocenters. The Labute approximate surface area is 85.0 Å². The van der Waals surface area contributed by atoms with E-state index in [1.165, 1.54) is 6.07 Å². The van der Waals surface area contributed by atoms with E-state index in [1.54, 1.807) is 19.1 Å². The second-order valence-electron chi connectivity index (χ2n) is 3.02. The molecule has 74 valence electrons. The first kappa shape index (κ1) is 9.21. The number of aromatic nitrogens is 2. The van der Waals surface area contributed by atoms with Gasteiger partial charge in [0.25, 0.3) is 5.56 Å². The van der Waals surface area contributed by atoms with Gasteiger partial charge in [0.2, 0.25) is 0 Å². The number of aryl methyl sites for hydroxylation is 1. The third kappa shape index (κ3) is 1.65.